The Balaban J connectivity index is 1.14. The average Bonchev–Trinajstić information content (AvgIpc) is 3.40. The van der Waals surface area contributed by atoms with E-state index in [1.807, 2.05) is 33.7 Å². The van der Waals surface area contributed by atoms with Gasteiger partial charge in [-0.3, -0.25) is 14.4 Å². The SMILES string of the molecule is O=C1CC(C(=O)N2C[C@H]3C[C@@H](C2)c2cccc(=O)n2C3)CN1Cc1ccc2c(c1)OCO2. The van der Waals surface area contributed by atoms with E-state index in [2.05, 4.69) is 0 Å². The summed E-state index contributed by atoms with van der Waals surface area (Å²) in [5.74, 6) is 1.64. The maximum Gasteiger partial charge on any atom is 0.250 e. The van der Waals surface area contributed by atoms with Crippen molar-refractivity contribution in [3.8, 4) is 11.5 Å². The van der Waals surface area contributed by atoms with Gasteiger partial charge in [0, 0.05) is 56.8 Å². The van der Waals surface area contributed by atoms with Gasteiger partial charge < -0.3 is 23.8 Å². The van der Waals surface area contributed by atoms with Crippen LogP contribution in [0.1, 0.15) is 30.0 Å². The molecule has 2 amide bonds. The summed E-state index contributed by atoms with van der Waals surface area (Å²) in [6.45, 7) is 3.05. The molecule has 1 aromatic heterocycles. The smallest absolute Gasteiger partial charge is 0.250 e. The Labute approximate surface area is 185 Å². The number of carbonyl (C=O) groups is 2. The van der Waals surface area contributed by atoms with Crippen molar-refractivity contribution in [1.29, 1.82) is 0 Å². The summed E-state index contributed by atoms with van der Waals surface area (Å²) in [6, 6.07) is 11.1. The molecule has 5 heterocycles. The number of hydrogen-bond acceptors (Lipinski definition) is 5. The first kappa shape index (κ1) is 19.4. The van der Waals surface area contributed by atoms with Gasteiger partial charge in [0.1, 0.15) is 0 Å². The third-order valence-corrected chi connectivity index (χ3v) is 7.17. The third-order valence-electron chi connectivity index (χ3n) is 7.17. The number of fused-ring (bicyclic) bond motifs is 5. The molecule has 3 atom stereocenters. The van der Waals surface area contributed by atoms with Crippen LogP contribution >= 0.6 is 0 Å². The minimum atomic E-state index is -0.312. The summed E-state index contributed by atoms with van der Waals surface area (Å²) in [7, 11) is 0. The molecule has 4 aliphatic rings. The fourth-order valence-electron chi connectivity index (χ4n) is 5.68. The molecule has 2 aromatic rings. The summed E-state index contributed by atoms with van der Waals surface area (Å²) in [5, 5.41) is 0. The van der Waals surface area contributed by atoms with Gasteiger partial charge in [-0.25, -0.2) is 0 Å². The third kappa shape index (κ3) is 3.25. The second kappa shape index (κ2) is 7.39. The van der Waals surface area contributed by atoms with E-state index in [1.165, 1.54) is 0 Å². The molecule has 0 N–H and O–H groups in total. The summed E-state index contributed by atoms with van der Waals surface area (Å²) in [6.07, 6.45) is 1.26. The molecule has 0 saturated carbocycles. The fourth-order valence-corrected chi connectivity index (χ4v) is 5.68. The van der Waals surface area contributed by atoms with Gasteiger partial charge in [-0.2, -0.15) is 0 Å². The Morgan fingerprint density at radius 1 is 1.00 bits per heavy atom. The standard InChI is InChI=1S/C24H25N3O5/c28-22-3-1-2-19-17-6-16(11-27(19)22)10-26(12-17)24(30)18-8-23(29)25(13-18)9-15-4-5-20-21(7-15)32-14-31-20/h1-5,7,16-18H,6,8-14H2/t16-,17+,18?/m1/s1. The molecular weight excluding hydrogens is 410 g/mol. The van der Waals surface area contributed by atoms with Crippen LogP contribution in [0.2, 0.25) is 0 Å². The van der Waals surface area contributed by atoms with Gasteiger partial charge in [0.15, 0.2) is 11.5 Å². The minimum Gasteiger partial charge on any atom is -0.454 e. The number of amides is 2. The largest absolute Gasteiger partial charge is 0.454 e. The zero-order valence-electron chi connectivity index (χ0n) is 17.7. The Morgan fingerprint density at radius 2 is 1.88 bits per heavy atom. The number of carbonyl (C=O) groups excluding carboxylic acids is 2. The zero-order chi connectivity index (χ0) is 21.8. The number of piperidine rings is 1. The molecular formula is C24H25N3O5. The van der Waals surface area contributed by atoms with Gasteiger partial charge in [-0.05, 0) is 36.1 Å². The van der Waals surface area contributed by atoms with Crippen molar-refractivity contribution in [2.75, 3.05) is 26.4 Å². The van der Waals surface area contributed by atoms with Crippen molar-refractivity contribution >= 4 is 11.8 Å². The summed E-state index contributed by atoms with van der Waals surface area (Å²) in [5.41, 5.74) is 2.03. The first-order chi connectivity index (χ1) is 15.5. The van der Waals surface area contributed by atoms with Gasteiger partial charge >= 0.3 is 0 Å². The molecule has 0 aliphatic carbocycles. The van der Waals surface area contributed by atoms with Crippen molar-refractivity contribution in [3.63, 3.8) is 0 Å². The van der Waals surface area contributed by atoms with E-state index in [4.69, 9.17) is 9.47 Å². The number of benzene rings is 1. The van der Waals surface area contributed by atoms with Crippen molar-refractivity contribution in [2.45, 2.75) is 31.8 Å². The highest BCUT2D eigenvalue weighted by molar-refractivity contribution is 5.89. The predicted molar refractivity (Wildman–Crippen MR) is 114 cm³/mol. The van der Waals surface area contributed by atoms with Crippen LogP contribution in [0.25, 0.3) is 0 Å². The number of nitrogens with zero attached hydrogens (tertiary/aromatic N) is 3. The van der Waals surface area contributed by atoms with Crippen LogP contribution in [0.3, 0.4) is 0 Å². The highest BCUT2D eigenvalue weighted by Gasteiger charge is 2.41. The Hall–Kier alpha value is -3.29. The molecule has 2 fully saturated rings. The molecule has 32 heavy (non-hydrogen) atoms. The van der Waals surface area contributed by atoms with Gasteiger partial charge in [0.2, 0.25) is 18.6 Å². The minimum absolute atomic E-state index is 0.00937. The van der Waals surface area contributed by atoms with Crippen LogP contribution in [-0.4, -0.2) is 52.6 Å². The van der Waals surface area contributed by atoms with Crippen LogP contribution in [0.15, 0.2) is 41.2 Å². The molecule has 0 radical (unpaired) electrons. The van der Waals surface area contributed by atoms with Crippen LogP contribution in [0.4, 0.5) is 0 Å². The highest BCUT2D eigenvalue weighted by Crippen LogP contribution is 2.37. The lowest BCUT2D eigenvalue weighted by atomic mass is 9.82. The molecule has 1 aromatic carbocycles. The summed E-state index contributed by atoms with van der Waals surface area (Å²) in [4.78, 5) is 41.9. The van der Waals surface area contributed by atoms with Crippen molar-refractivity contribution in [3.05, 3.63) is 58.0 Å². The molecule has 2 bridgehead atoms. The first-order valence-corrected chi connectivity index (χ1v) is 11.2. The molecule has 166 valence electrons. The van der Waals surface area contributed by atoms with E-state index < -0.39 is 0 Å². The Kier molecular flexibility index (Phi) is 4.48. The fraction of sp³-hybridized carbons (Fsp3) is 0.458. The van der Waals surface area contributed by atoms with Crippen LogP contribution in [0, 0.1) is 11.8 Å². The van der Waals surface area contributed by atoms with Gasteiger partial charge in [0.25, 0.3) is 5.56 Å². The van der Waals surface area contributed by atoms with Crippen molar-refractivity contribution in [1.82, 2.24) is 14.4 Å². The molecule has 4 aliphatic heterocycles. The maximum atomic E-state index is 13.3. The Bertz CT molecular complexity index is 1160. The van der Waals surface area contributed by atoms with E-state index in [0.717, 1.165) is 17.7 Å². The van der Waals surface area contributed by atoms with Crippen molar-refractivity contribution < 1.29 is 19.1 Å². The van der Waals surface area contributed by atoms with Gasteiger partial charge in [-0.15, -0.1) is 0 Å². The number of likely N-dealkylation sites (tertiary alicyclic amines) is 2. The van der Waals surface area contributed by atoms with E-state index in [0.29, 0.717) is 44.2 Å². The number of pyridine rings is 1. The second-order valence-electron chi connectivity index (χ2n) is 9.30. The number of ether oxygens (including phenoxy) is 2. The lowest BCUT2D eigenvalue weighted by Crippen LogP contribution is -2.50. The summed E-state index contributed by atoms with van der Waals surface area (Å²) >= 11 is 0. The predicted octanol–water partition coefficient (Wildman–Crippen LogP) is 1.57. The average molecular weight is 435 g/mol. The number of rotatable bonds is 3. The molecule has 2 saturated heterocycles. The quantitative estimate of drug-likeness (QED) is 0.731. The normalized spacial score (nSPS) is 25.8. The highest BCUT2D eigenvalue weighted by atomic mass is 16.7. The van der Waals surface area contributed by atoms with E-state index >= 15 is 0 Å². The topological polar surface area (TPSA) is 81.1 Å². The maximum absolute atomic E-state index is 13.3. The van der Waals surface area contributed by atoms with E-state index in [1.54, 1.807) is 17.0 Å². The lowest BCUT2D eigenvalue weighted by Gasteiger charge is -2.43. The lowest BCUT2D eigenvalue weighted by molar-refractivity contribution is -0.138. The number of aromatic nitrogens is 1. The van der Waals surface area contributed by atoms with Crippen LogP contribution < -0.4 is 15.0 Å². The van der Waals surface area contributed by atoms with Gasteiger partial charge in [0.05, 0.1) is 5.92 Å². The molecule has 8 nitrogen and oxygen atoms in total. The van der Waals surface area contributed by atoms with E-state index in [9.17, 15) is 14.4 Å². The number of hydrogen-bond donors (Lipinski definition) is 0. The second-order valence-corrected chi connectivity index (χ2v) is 9.30. The van der Waals surface area contributed by atoms with Gasteiger partial charge in [-0.1, -0.05) is 12.1 Å². The molecule has 1 unspecified atom stereocenters. The molecule has 0 spiro atoms. The van der Waals surface area contributed by atoms with Crippen LogP contribution in [0.5, 0.6) is 11.5 Å². The summed E-state index contributed by atoms with van der Waals surface area (Å²) < 4.78 is 12.6. The van der Waals surface area contributed by atoms with Crippen LogP contribution in [-0.2, 0) is 22.7 Å². The molecule has 8 heteroatoms. The Morgan fingerprint density at radius 3 is 2.78 bits per heavy atom. The first-order valence-electron chi connectivity index (χ1n) is 11.2. The van der Waals surface area contributed by atoms with E-state index in [-0.39, 0.29) is 48.3 Å². The molecule has 6 rings (SSSR count). The monoisotopic (exact) mass is 435 g/mol. The zero-order valence-corrected chi connectivity index (χ0v) is 17.7. The van der Waals surface area contributed by atoms with Crippen molar-refractivity contribution in [2.24, 2.45) is 11.8 Å².